The predicted molar refractivity (Wildman–Crippen MR) is 142 cm³/mol. The minimum atomic E-state index is -0.683. The fourth-order valence-corrected chi connectivity index (χ4v) is 5.53. The highest BCUT2D eigenvalue weighted by molar-refractivity contribution is 8.16. The van der Waals surface area contributed by atoms with Crippen molar-refractivity contribution in [3.8, 4) is 11.5 Å². The van der Waals surface area contributed by atoms with Crippen molar-refractivity contribution in [3.63, 3.8) is 0 Å². The van der Waals surface area contributed by atoms with Crippen molar-refractivity contribution in [2.24, 2.45) is 4.99 Å². The molecule has 1 N–H and O–H groups in total. The highest BCUT2D eigenvalue weighted by Gasteiger charge is 2.42. The van der Waals surface area contributed by atoms with E-state index in [2.05, 4.69) is 5.32 Å². The summed E-state index contributed by atoms with van der Waals surface area (Å²) >= 11 is 1.43. The smallest absolute Gasteiger partial charge is 0.338 e. The van der Waals surface area contributed by atoms with Crippen molar-refractivity contribution in [2.75, 3.05) is 27.4 Å². The Labute approximate surface area is 222 Å². The van der Waals surface area contributed by atoms with Gasteiger partial charge in [0.25, 0.3) is 0 Å². The third kappa shape index (κ3) is 6.13. The number of amidine groups is 1. The molecule has 0 radical (unpaired) electrons. The number of ether oxygens (including phenoxy) is 4. The summed E-state index contributed by atoms with van der Waals surface area (Å²) in [6.45, 7) is 8.53. The van der Waals surface area contributed by atoms with Gasteiger partial charge in [0.1, 0.15) is 5.60 Å². The number of esters is 1. The summed E-state index contributed by atoms with van der Waals surface area (Å²) < 4.78 is 22.4. The highest BCUT2D eigenvalue weighted by Crippen LogP contribution is 2.46. The number of benzene rings is 1. The van der Waals surface area contributed by atoms with Crippen LogP contribution >= 0.6 is 11.8 Å². The van der Waals surface area contributed by atoms with Crippen LogP contribution in [-0.4, -0.2) is 61.0 Å². The Morgan fingerprint density at radius 1 is 1.22 bits per heavy atom. The lowest BCUT2D eigenvalue weighted by molar-refractivity contribution is -0.150. The van der Waals surface area contributed by atoms with Crippen LogP contribution in [0.3, 0.4) is 0 Å². The molecular formula is C27H35N3O6S. The van der Waals surface area contributed by atoms with E-state index >= 15 is 0 Å². The van der Waals surface area contributed by atoms with Gasteiger partial charge in [-0.2, -0.15) is 0 Å². The summed E-state index contributed by atoms with van der Waals surface area (Å²) in [5.41, 5.74) is 1.85. The van der Waals surface area contributed by atoms with Gasteiger partial charge in [-0.1, -0.05) is 17.8 Å². The minimum absolute atomic E-state index is 0.0619. The van der Waals surface area contributed by atoms with E-state index in [0.29, 0.717) is 34.5 Å². The summed E-state index contributed by atoms with van der Waals surface area (Å²) in [4.78, 5) is 33.1. The van der Waals surface area contributed by atoms with E-state index in [-0.39, 0.29) is 18.4 Å². The van der Waals surface area contributed by atoms with Gasteiger partial charge in [-0.3, -0.25) is 4.79 Å². The van der Waals surface area contributed by atoms with Gasteiger partial charge in [0.15, 0.2) is 16.7 Å². The first-order valence-electron chi connectivity index (χ1n) is 12.4. The number of nitrogens with zero attached hydrogens (tertiary/aromatic N) is 2. The zero-order valence-electron chi connectivity index (χ0n) is 22.3. The Kier molecular flexibility index (Phi) is 8.18. The Bertz CT molecular complexity index is 1150. The molecule has 0 bridgehead atoms. The number of carbonyl (C=O) groups is 2. The van der Waals surface area contributed by atoms with Gasteiger partial charge in [-0.05, 0) is 63.6 Å². The number of hydrogen-bond acceptors (Lipinski definition) is 9. The maximum absolute atomic E-state index is 13.5. The number of rotatable bonds is 8. The lowest BCUT2D eigenvalue weighted by Crippen LogP contribution is -2.39. The molecule has 0 spiro atoms. The van der Waals surface area contributed by atoms with Crippen LogP contribution in [0.2, 0.25) is 0 Å². The number of nitrogens with one attached hydrogen (secondary N) is 1. The van der Waals surface area contributed by atoms with E-state index in [1.54, 1.807) is 14.2 Å². The molecule has 1 aromatic rings. The number of fused-ring (bicyclic) bond motifs is 1. The van der Waals surface area contributed by atoms with E-state index in [9.17, 15) is 9.59 Å². The average Bonchev–Trinajstić information content (AvgIpc) is 3.50. The molecule has 1 amide bonds. The molecule has 4 rings (SSSR count). The normalized spacial score (nSPS) is 21.3. The van der Waals surface area contributed by atoms with Gasteiger partial charge in [0.05, 0.1) is 44.1 Å². The van der Waals surface area contributed by atoms with Crippen LogP contribution < -0.4 is 14.8 Å². The molecular weight excluding hydrogens is 494 g/mol. The molecule has 2 atom stereocenters. The lowest BCUT2D eigenvalue weighted by Gasteiger charge is -2.37. The molecule has 1 saturated heterocycles. The number of allylic oxidation sites excluding steroid dienone is 1. The maximum atomic E-state index is 13.5. The number of thioether (sulfide) groups is 1. The molecule has 3 aliphatic rings. The molecule has 10 heteroatoms. The molecule has 0 unspecified atom stereocenters. The second-order valence-electron chi connectivity index (χ2n) is 10.1. The summed E-state index contributed by atoms with van der Waals surface area (Å²) in [5.74, 6) is 0.555. The van der Waals surface area contributed by atoms with Gasteiger partial charge < -0.3 is 29.2 Å². The lowest BCUT2D eigenvalue weighted by atomic mass is 9.93. The monoisotopic (exact) mass is 529 g/mol. The summed E-state index contributed by atoms with van der Waals surface area (Å²) in [7, 11) is 3.15. The van der Waals surface area contributed by atoms with Crippen LogP contribution in [0.25, 0.3) is 0 Å². The van der Waals surface area contributed by atoms with E-state index in [0.717, 1.165) is 30.7 Å². The first kappa shape index (κ1) is 27.1. The maximum Gasteiger partial charge on any atom is 0.338 e. The molecule has 0 saturated carbocycles. The van der Waals surface area contributed by atoms with Crippen LogP contribution in [0, 0.1) is 0 Å². The Hall–Kier alpha value is -2.98. The molecule has 37 heavy (non-hydrogen) atoms. The summed E-state index contributed by atoms with van der Waals surface area (Å²) in [6, 6.07) is 4.99. The van der Waals surface area contributed by atoms with Crippen molar-refractivity contribution in [1.29, 1.82) is 0 Å². The Morgan fingerprint density at radius 2 is 1.97 bits per heavy atom. The number of hydrogen-bond donors (Lipinski definition) is 1. The van der Waals surface area contributed by atoms with Crippen LogP contribution in [0.1, 0.15) is 58.6 Å². The first-order chi connectivity index (χ1) is 17.6. The second kappa shape index (κ2) is 11.2. The van der Waals surface area contributed by atoms with Gasteiger partial charge in [0.2, 0.25) is 5.91 Å². The van der Waals surface area contributed by atoms with Crippen LogP contribution in [0.4, 0.5) is 0 Å². The van der Waals surface area contributed by atoms with Crippen LogP contribution in [0.15, 0.2) is 45.6 Å². The van der Waals surface area contributed by atoms with Gasteiger partial charge >= 0.3 is 5.97 Å². The Balaban J connectivity index is 1.67. The Morgan fingerprint density at radius 3 is 2.62 bits per heavy atom. The number of amides is 1. The van der Waals surface area contributed by atoms with Gasteiger partial charge in [0, 0.05) is 18.8 Å². The first-order valence-corrected chi connectivity index (χ1v) is 13.3. The van der Waals surface area contributed by atoms with E-state index in [1.807, 2.05) is 56.2 Å². The van der Waals surface area contributed by atoms with E-state index in [4.69, 9.17) is 23.9 Å². The second-order valence-corrected chi connectivity index (χ2v) is 11.0. The topological polar surface area (TPSA) is 98.7 Å². The minimum Gasteiger partial charge on any atom is -0.493 e. The van der Waals surface area contributed by atoms with E-state index in [1.165, 1.54) is 11.8 Å². The zero-order valence-corrected chi connectivity index (χ0v) is 23.1. The summed E-state index contributed by atoms with van der Waals surface area (Å²) in [5, 5.41) is 5.61. The fraction of sp³-hybridized carbons (Fsp3) is 0.519. The van der Waals surface area contributed by atoms with Gasteiger partial charge in [-0.15, -0.1) is 0 Å². The van der Waals surface area contributed by atoms with Gasteiger partial charge in [-0.25, -0.2) is 9.79 Å². The van der Waals surface area contributed by atoms with Crippen molar-refractivity contribution in [1.82, 2.24) is 10.2 Å². The highest BCUT2D eigenvalue weighted by atomic mass is 32.2. The van der Waals surface area contributed by atoms with Crippen molar-refractivity contribution < 1.29 is 28.5 Å². The standard InChI is InChI=1S/C27H35N3O6S/c1-16-23(25(32)36-27(2,3)4)24(17-9-10-20(33-5)21(12-17)34-6)30-18(15-37-26(30)29-16)13-22(31)28-14-19-8-7-11-35-19/h9-10,12,15,19,24H,7-8,11,13-14H2,1-6H3,(H,28,31)/t19-,24-/m0/s1. The number of aliphatic imine (C=N–C) groups is 1. The van der Waals surface area contributed by atoms with Crippen LogP contribution in [-0.2, 0) is 19.1 Å². The molecule has 3 heterocycles. The summed E-state index contributed by atoms with van der Waals surface area (Å²) in [6.07, 6.45) is 2.17. The average molecular weight is 530 g/mol. The van der Waals surface area contributed by atoms with E-state index < -0.39 is 17.6 Å². The zero-order chi connectivity index (χ0) is 26.7. The predicted octanol–water partition coefficient (Wildman–Crippen LogP) is 4.31. The quantitative estimate of drug-likeness (QED) is 0.498. The third-order valence-corrected chi connectivity index (χ3v) is 7.12. The van der Waals surface area contributed by atoms with Crippen molar-refractivity contribution >= 4 is 28.8 Å². The molecule has 3 aliphatic heterocycles. The molecule has 200 valence electrons. The largest absolute Gasteiger partial charge is 0.493 e. The van der Waals surface area contributed by atoms with Crippen LogP contribution in [0.5, 0.6) is 11.5 Å². The molecule has 1 fully saturated rings. The fourth-order valence-electron chi connectivity index (χ4n) is 4.56. The molecule has 1 aromatic carbocycles. The third-order valence-electron chi connectivity index (χ3n) is 6.24. The number of carbonyl (C=O) groups excluding carboxylic acids is 2. The molecule has 9 nitrogen and oxygen atoms in total. The number of methoxy groups -OCH3 is 2. The molecule has 0 aliphatic carbocycles. The SMILES string of the molecule is COc1ccc([C@H]2C(C(=O)OC(C)(C)C)=C(C)N=C3SC=C(CC(=O)NC[C@@H]4CCCO4)N32)cc1OC. The van der Waals surface area contributed by atoms with Crippen molar-refractivity contribution in [2.45, 2.75) is 64.7 Å². The van der Waals surface area contributed by atoms with Crippen molar-refractivity contribution in [3.05, 3.63) is 46.1 Å². The molecule has 0 aromatic heterocycles.